The Bertz CT molecular complexity index is 541. The summed E-state index contributed by atoms with van der Waals surface area (Å²) in [4.78, 5) is 12.3. The first-order valence-corrected chi connectivity index (χ1v) is 5.80. The fraction of sp³-hybridized carbons (Fsp3) is 0.188. The molecule has 0 aromatic heterocycles. The summed E-state index contributed by atoms with van der Waals surface area (Å²) in [5.74, 6) is 5.94. The number of allylic oxidation sites excluding steroid dienone is 3. The van der Waals surface area contributed by atoms with E-state index in [1.54, 1.807) is 19.3 Å². The van der Waals surface area contributed by atoms with Gasteiger partial charge in [0.2, 0.25) is 0 Å². The number of methoxy groups -OCH3 is 1. The molecule has 1 aromatic rings. The van der Waals surface area contributed by atoms with Gasteiger partial charge in [0.25, 0.3) is 0 Å². The predicted molar refractivity (Wildman–Crippen MR) is 71.2 cm³/mol. The minimum Gasteiger partial charge on any atom is -0.365 e. The van der Waals surface area contributed by atoms with Crippen LogP contribution in [0.4, 0.5) is 0 Å². The summed E-state index contributed by atoms with van der Waals surface area (Å²) >= 11 is 0. The van der Waals surface area contributed by atoms with Crippen LogP contribution in [0, 0.1) is 11.8 Å². The van der Waals surface area contributed by atoms with E-state index < -0.39 is 0 Å². The number of ketones is 1. The van der Waals surface area contributed by atoms with Crippen molar-refractivity contribution in [2.75, 3.05) is 7.11 Å². The van der Waals surface area contributed by atoms with Crippen LogP contribution >= 0.6 is 0 Å². The summed E-state index contributed by atoms with van der Waals surface area (Å²) in [6, 6.07) is 9.24. The van der Waals surface area contributed by atoms with E-state index in [9.17, 15) is 4.79 Å². The summed E-state index contributed by atoms with van der Waals surface area (Å²) in [5.41, 5.74) is 1.35. The average Bonchev–Trinajstić information content (AvgIpc) is 2.39. The van der Waals surface area contributed by atoms with E-state index in [-0.39, 0.29) is 11.9 Å². The predicted octanol–water partition coefficient (Wildman–Crippen LogP) is 2.77. The minimum atomic E-state index is -0.239. The van der Waals surface area contributed by atoms with Crippen molar-refractivity contribution in [3.05, 3.63) is 59.7 Å². The highest BCUT2D eigenvalue weighted by Gasteiger charge is 2.10. The number of ether oxygens (including phenoxy) is 1. The standard InChI is InChI=1S/C16H14O2/c1-18-15-10-6-5-9-14(11-12-15)16(17)13-7-3-2-4-8-13/h2-4,7-9,11-12,15H,5H2,1H3/b12-11-,14-9+. The van der Waals surface area contributed by atoms with Gasteiger partial charge in [-0.25, -0.2) is 0 Å². The van der Waals surface area contributed by atoms with Gasteiger partial charge in [-0.15, -0.1) is 0 Å². The van der Waals surface area contributed by atoms with Gasteiger partial charge in [-0.1, -0.05) is 54.3 Å². The smallest absolute Gasteiger partial charge is 0.192 e. The largest absolute Gasteiger partial charge is 0.365 e. The maximum Gasteiger partial charge on any atom is 0.192 e. The van der Waals surface area contributed by atoms with Crippen molar-refractivity contribution in [3.63, 3.8) is 0 Å². The van der Waals surface area contributed by atoms with E-state index >= 15 is 0 Å². The molecule has 0 saturated carbocycles. The molecule has 0 heterocycles. The van der Waals surface area contributed by atoms with Crippen LogP contribution in [-0.2, 0) is 4.74 Å². The van der Waals surface area contributed by atoms with Crippen LogP contribution in [0.1, 0.15) is 16.8 Å². The first kappa shape index (κ1) is 12.3. The van der Waals surface area contributed by atoms with Gasteiger partial charge >= 0.3 is 0 Å². The van der Waals surface area contributed by atoms with Crippen LogP contribution in [0.5, 0.6) is 0 Å². The second-order valence-electron chi connectivity index (χ2n) is 3.90. The summed E-state index contributed by atoms with van der Waals surface area (Å²) in [6.45, 7) is 0. The number of benzene rings is 1. The van der Waals surface area contributed by atoms with Crippen LogP contribution in [-0.4, -0.2) is 19.0 Å². The van der Waals surface area contributed by atoms with Crippen LogP contribution in [0.15, 0.2) is 54.1 Å². The van der Waals surface area contributed by atoms with Gasteiger partial charge in [-0.3, -0.25) is 4.79 Å². The minimum absolute atomic E-state index is 0.0189. The molecule has 0 aliphatic heterocycles. The third kappa shape index (κ3) is 2.97. The Morgan fingerprint density at radius 1 is 1.33 bits per heavy atom. The molecule has 1 aliphatic rings. The molecule has 2 rings (SSSR count). The van der Waals surface area contributed by atoms with Gasteiger partial charge in [0.15, 0.2) is 5.78 Å². The molecule has 0 fully saturated rings. The van der Waals surface area contributed by atoms with Crippen LogP contribution in [0.25, 0.3) is 0 Å². The highest BCUT2D eigenvalue weighted by Crippen LogP contribution is 2.12. The van der Waals surface area contributed by atoms with E-state index in [2.05, 4.69) is 11.8 Å². The maximum absolute atomic E-state index is 12.3. The lowest BCUT2D eigenvalue weighted by atomic mass is 10.0. The molecule has 0 radical (unpaired) electrons. The number of carbonyl (C=O) groups excluding carboxylic acids is 1. The first-order valence-electron chi connectivity index (χ1n) is 5.80. The molecule has 2 nitrogen and oxygen atoms in total. The normalized spacial score (nSPS) is 22.7. The van der Waals surface area contributed by atoms with E-state index in [0.29, 0.717) is 17.6 Å². The molecule has 1 aromatic carbocycles. The molecule has 0 amide bonds. The number of carbonyl (C=O) groups is 1. The lowest BCUT2D eigenvalue weighted by molar-refractivity contribution is 0.103. The monoisotopic (exact) mass is 238 g/mol. The second kappa shape index (κ2) is 6.00. The molecular weight excluding hydrogens is 224 g/mol. The second-order valence-corrected chi connectivity index (χ2v) is 3.90. The van der Waals surface area contributed by atoms with Gasteiger partial charge < -0.3 is 4.74 Å². The Morgan fingerprint density at radius 3 is 2.83 bits per heavy atom. The summed E-state index contributed by atoms with van der Waals surface area (Å²) < 4.78 is 5.16. The summed E-state index contributed by atoms with van der Waals surface area (Å²) in [6.07, 6.45) is 5.77. The Labute approximate surface area is 107 Å². The zero-order valence-corrected chi connectivity index (χ0v) is 10.2. The third-order valence-corrected chi connectivity index (χ3v) is 2.67. The van der Waals surface area contributed by atoms with Crippen molar-refractivity contribution in [2.24, 2.45) is 0 Å². The Balaban J connectivity index is 2.24. The molecule has 90 valence electrons. The van der Waals surface area contributed by atoms with Gasteiger partial charge in [0, 0.05) is 24.7 Å². The summed E-state index contributed by atoms with van der Waals surface area (Å²) in [5, 5.41) is 0. The quantitative estimate of drug-likeness (QED) is 0.598. The Hall–Kier alpha value is -2.11. The van der Waals surface area contributed by atoms with Crippen molar-refractivity contribution in [2.45, 2.75) is 12.5 Å². The molecule has 0 N–H and O–H groups in total. The Morgan fingerprint density at radius 2 is 2.11 bits per heavy atom. The Kier molecular flexibility index (Phi) is 4.11. The highest BCUT2D eigenvalue weighted by atomic mass is 16.5. The maximum atomic E-state index is 12.3. The van der Waals surface area contributed by atoms with Crippen LogP contribution < -0.4 is 0 Å². The van der Waals surface area contributed by atoms with E-state index in [4.69, 9.17) is 4.74 Å². The highest BCUT2D eigenvalue weighted by molar-refractivity contribution is 6.10. The molecule has 0 saturated heterocycles. The number of rotatable bonds is 3. The first-order chi connectivity index (χ1) is 8.81. The number of hydrogen-bond acceptors (Lipinski definition) is 2. The lowest BCUT2D eigenvalue weighted by Crippen LogP contribution is -2.07. The van der Waals surface area contributed by atoms with Crippen molar-refractivity contribution in [1.82, 2.24) is 0 Å². The van der Waals surface area contributed by atoms with Crippen molar-refractivity contribution >= 4 is 5.78 Å². The number of Topliss-reactive ketones (excluding diaryl/α,β-unsaturated/α-hetero) is 1. The zero-order valence-electron chi connectivity index (χ0n) is 10.2. The van der Waals surface area contributed by atoms with Gasteiger partial charge in [0.1, 0.15) is 6.10 Å². The van der Waals surface area contributed by atoms with Crippen LogP contribution in [0.2, 0.25) is 0 Å². The molecule has 1 unspecified atom stereocenters. The SMILES string of the molecule is COC1C#CC/C=C(C(=O)c2ccccc2)\C=C/1. The molecule has 1 aliphatic carbocycles. The van der Waals surface area contributed by atoms with Crippen molar-refractivity contribution in [3.8, 4) is 11.8 Å². The molecular formula is C16H14O2. The van der Waals surface area contributed by atoms with E-state index in [1.807, 2.05) is 36.4 Å². The molecule has 18 heavy (non-hydrogen) atoms. The molecule has 2 heteroatoms. The van der Waals surface area contributed by atoms with E-state index in [1.165, 1.54) is 0 Å². The van der Waals surface area contributed by atoms with Gasteiger partial charge in [0.05, 0.1) is 0 Å². The van der Waals surface area contributed by atoms with Crippen molar-refractivity contribution < 1.29 is 9.53 Å². The van der Waals surface area contributed by atoms with Gasteiger partial charge in [-0.2, -0.15) is 0 Å². The van der Waals surface area contributed by atoms with Gasteiger partial charge in [-0.05, 0) is 6.08 Å². The fourth-order valence-electron chi connectivity index (χ4n) is 1.69. The van der Waals surface area contributed by atoms with Crippen LogP contribution in [0.3, 0.4) is 0 Å². The van der Waals surface area contributed by atoms with Crippen molar-refractivity contribution in [1.29, 1.82) is 0 Å². The lowest BCUT2D eigenvalue weighted by Gasteiger charge is -2.06. The average molecular weight is 238 g/mol. The number of hydrogen-bond donors (Lipinski definition) is 0. The fourth-order valence-corrected chi connectivity index (χ4v) is 1.69. The summed E-state index contributed by atoms with van der Waals surface area (Å²) in [7, 11) is 1.60. The molecule has 0 spiro atoms. The zero-order chi connectivity index (χ0) is 12.8. The third-order valence-electron chi connectivity index (χ3n) is 2.67. The molecule has 0 bridgehead atoms. The van der Waals surface area contributed by atoms with E-state index in [0.717, 1.165) is 0 Å². The molecule has 1 atom stereocenters. The topological polar surface area (TPSA) is 26.3 Å².